The molecule has 2 aliphatic carbocycles. The molecule has 0 aromatic heterocycles. The van der Waals surface area contributed by atoms with Gasteiger partial charge in [-0.1, -0.05) is 24.6 Å². The second-order valence-corrected chi connectivity index (χ2v) is 10.1. The Morgan fingerprint density at radius 3 is 2.45 bits per heavy atom. The minimum absolute atomic E-state index is 0.104. The van der Waals surface area contributed by atoms with Crippen molar-refractivity contribution in [2.24, 2.45) is 11.8 Å². The standard InChI is InChI=1S/C23H28N2O5S/c1-29-18-10-11-22(30-2)21(14-18)25(31(27,28)19-6-4-3-5-7-19)15-23(26)24-20-13-16-8-9-17(20)12-16/h3-7,10-11,14,16-17,20H,8-9,12-13,15H2,1-2H3,(H,24,26)/t16-,17-,20-/m1/s1. The Bertz CT molecular complexity index is 1040. The van der Waals surface area contributed by atoms with Gasteiger partial charge in [0.15, 0.2) is 0 Å². The van der Waals surface area contributed by atoms with Gasteiger partial charge in [-0.2, -0.15) is 0 Å². The number of nitrogens with one attached hydrogen (secondary N) is 1. The van der Waals surface area contributed by atoms with Crippen molar-refractivity contribution in [3.8, 4) is 11.5 Å². The number of rotatable bonds is 8. The highest BCUT2D eigenvalue weighted by atomic mass is 32.2. The summed E-state index contributed by atoms with van der Waals surface area (Å²) < 4.78 is 38.9. The molecule has 0 unspecified atom stereocenters. The average Bonchev–Trinajstić information content (AvgIpc) is 3.41. The van der Waals surface area contributed by atoms with Crippen LogP contribution in [0.1, 0.15) is 25.7 Å². The third-order valence-corrected chi connectivity index (χ3v) is 8.13. The molecule has 8 heteroatoms. The normalized spacial score (nSPS) is 22.2. The van der Waals surface area contributed by atoms with Gasteiger partial charge in [0.05, 0.1) is 24.8 Å². The lowest BCUT2D eigenvalue weighted by molar-refractivity contribution is -0.120. The van der Waals surface area contributed by atoms with Crippen molar-refractivity contribution < 1.29 is 22.7 Å². The monoisotopic (exact) mass is 444 g/mol. The van der Waals surface area contributed by atoms with Crippen LogP contribution < -0.4 is 19.1 Å². The molecule has 0 aliphatic heterocycles. The van der Waals surface area contributed by atoms with Gasteiger partial charge < -0.3 is 14.8 Å². The van der Waals surface area contributed by atoms with Gasteiger partial charge in [0.25, 0.3) is 10.0 Å². The Hall–Kier alpha value is -2.74. The molecular formula is C23H28N2O5S. The largest absolute Gasteiger partial charge is 0.497 e. The van der Waals surface area contributed by atoms with Gasteiger partial charge in [-0.05, 0) is 55.4 Å². The molecule has 1 amide bonds. The summed E-state index contributed by atoms with van der Waals surface area (Å²) in [5.74, 6) is 1.67. The molecule has 4 rings (SSSR count). The molecule has 2 aliphatic rings. The minimum atomic E-state index is -4.01. The number of methoxy groups -OCH3 is 2. The number of hydrogen-bond donors (Lipinski definition) is 1. The fourth-order valence-electron chi connectivity index (χ4n) is 4.82. The van der Waals surface area contributed by atoms with Crippen LogP contribution in [0.5, 0.6) is 11.5 Å². The summed E-state index contributed by atoms with van der Waals surface area (Å²) in [6.07, 6.45) is 4.49. The fraction of sp³-hybridized carbons (Fsp3) is 0.435. The smallest absolute Gasteiger partial charge is 0.264 e. The van der Waals surface area contributed by atoms with E-state index >= 15 is 0 Å². The number of benzene rings is 2. The van der Waals surface area contributed by atoms with Gasteiger partial charge in [0.2, 0.25) is 5.91 Å². The van der Waals surface area contributed by atoms with Gasteiger partial charge in [0.1, 0.15) is 18.0 Å². The zero-order valence-electron chi connectivity index (χ0n) is 17.8. The van der Waals surface area contributed by atoms with Gasteiger partial charge in [0, 0.05) is 12.1 Å². The molecule has 2 fully saturated rings. The predicted molar refractivity (Wildman–Crippen MR) is 118 cm³/mol. The molecule has 0 heterocycles. The summed E-state index contributed by atoms with van der Waals surface area (Å²) in [5.41, 5.74) is 0.258. The van der Waals surface area contributed by atoms with E-state index in [1.165, 1.54) is 32.8 Å². The van der Waals surface area contributed by atoms with Crippen LogP contribution in [0, 0.1) is 11.8 Å². The lowest BCUT2D eigenvalue weighted by Crippen LogP contribution is -2.46. The van der Waals surface area contributed by atoms with Crippen LogP contribution in [0.2, 0.25) is 0 Å². The molecule has 0 spiro atoms. The third-order valence-electron chi connectivity index (χ3n) is 6.36. The van der Waals surface area contributed by atoms with E-state index in [9.17, 15) is 13.2 Å². The summed E-state index contributed by atoms with van der Waals surface area (Å²) in [6.45, 7) is -0.339. The lowest BCUT2D eigenvalue weighted by Gasteiger charge is -2.28. The number of amides is 1. The van der Waals surface area contributed by atoms with E-state index in [1.807, 2.05) is 0 Å². The SMILES string of the molecule is COc1ccc(OC)c(N(CC(=O)N[C@@H]2C[C@@H]3CC[C@@H]2C3)S(=O)(=O)c2ccccc2)c1. The topological polar surface area (TPSA) is 84.9 Å². The Morgan fingerprint density at radius 1 is 1.06 bits per heavy atom. The zero-order valence-corrected chi connectivity index (χ0v) is 18.6. The number of carbonyl (C=O) groups is 1. The number of ether oxygens (including phenoxy) is 2. The van der Waals surface area contributed by atoms with Gasteiger partial charge in [-0.25, -0.2) is 8.42 Å². The van der Waals surface area contributed by atoms with Crippen molar-refractivity contribution in [1.29, 1.82) is 0 Å². The second-order valence-electron chi connectivity index (χ2n) is 8.21. The summed E-state index contributed by atoms with van der Waals surface area (Å²) in [6, 6.07) is 13.1. The average molecular weight is 445 g/mol. The van der Waals surface area contributed by atoms with E-state index in [0.29, 0.717) is 23.3 Å². The highest BCUT2D eigenvalue weighted by molar-refractivity contribution is 7.92. The van der Waals surface area contributed by atoms with Crippen molar-refractivity contribution in [1.82, 2.24) is 5.32 Å². The Balaban J connectivity index is 1.67. The van der Waals surface area contributed by atoms with Crippen molar-refractivity contribution in [2.45, 2.75) is 36.6 Å². The first-order valence-electron chi connectivity index (χ1n) is 10.5. The maximum atomic E-state index is 13.6. The number of carbonyl (C=O) groups excluding carboxylic acids is 1. The molecule has 7 nitrogen and oxygen atoms in total. The van der Waals surface area contributed by atoms with E-state index in [2.05, 4.69) is 5.32 Å². The molecule has 2 aromatic carbocycles. The van der Waals surface area contributed by atoms with Crippen molar-refractivity contribution in [2.75, 3.05) is 25.1 Å². The van der Waals surface area contributed by atoms with Crippen LogP contribution >= 0.6 is 0 Å². The molecule has 31 heavy (non-hydrogen) atoms. The molecule has 1 N–H and O–H groups in total. The fourth-order valence-corrected chi connectivity index (χ4v) is 6.26. The van der Waals surface area contributed by atoms with Crippen LogP contribution in [-0.4, -0.2) is 41.1 Å². The number of sulfonamides is 1. The van der Waals surface area contributed by atoms with Crippen molar-refractivity contribution in [3.05, 3.63) is 48.5 Å². The van der Waals surface area contributed by atoms with Crippen molar-refractivity contribution in [3.63, 3.8) is 0 Å². The van der Waals surface area contributed by atoms with Crippen LogP contribution in [0.25, 0.3) is 0 Å². The highest BCUT2D eigenvalue weighted by Gasteiger charge is 2.40. The molecule has 3 atom stereocenters. The Labute approximate surface area is 183 Å². The highest BCUT2D eigenvalue weighted by Crippen LogP contribution is 2.44. The lowest BCUT2D eigenvalue weighted by atomic mass is 9.95. The zero-order chi connectivity index (χ0) is 22.0. The van der Waals surface area contributed by atoms with Crippen LogP contribution in [-0.2, 0) is 14.8 Å². The van der Waals surface area contributed by atoms with Gasteiger partial charge >= 0.3 is 0 Å². The molecule has 0 saturated heterocycles. The van der Waals surface area contributed by atoms with Gasteiger partial charge in [-0.15, -0.1) is 0 Å². The van der Waals surface area contributed by atoms with E-state index < -0.39 is 10.0 Å². The number of nitrogens with zero attached hydrogens (tertiary/aromatic N) is 1. The summed E-state index contributed by atoms with van der Waals surface area (Å²) in [5, 5.41) is 3.08. The van der Waals surface area contributed by atoms with Crippen LogP contribution in [0.4, 0.5) is 5.69 Å². The summed E-state index contributed by atoms with van der Waals surface area (Å²) in [7, 11) is -1.04. The minimum Gasteiger partial charge on any atom is -0.497 e. The predicted octanol–water partition coefficient (Wildman–Crippen LogP) is 3.20. The Kier molecular flexibility index (Phi) is 6.09. The third kappa shape index (κ3) is 4.35. The number of anilines is 1. The second kappa shape index (κ2) is 8.78. The number of fused-ring (bicyclic) bond motifs is 2. The van der Waals surface area contributed by atoms with Crippen molar-refractivity contribution >= 4 is 21.6 Å². The van der Waals surface area contributed by atoms with E-state index in [0.717, 1.165) is 23.6 Å². The van der Waals surface area contributed by atoms with Crippen LogP contribution in [0.3, 0.4) is 0 Å². The van der Waals surface area contributed by atoms with E-state index in [-0.39, 0.29) is 29.1 Å². The molecule has 2 bridgehead atoms. The number of hydrogen-bond acceptors (Lipinski definition) is 5. The Morgan fingerprint density at radius 2 is 1.84 bits per heavy atom. The molecule has 2 aromatic rings. The van der Waals surface area contributed by atoms with Crippen LogP contribution in [0.15, 0.2) is 53.4 Å². The maximum Gasteiger partial charge on any atom is 0.264 e. The first-order chi connectivity index (χ1) is 14.9. The quantitative estimate of drug-likeness (QED) is 0.676. The first kappa shape index (κ1) is 21.5. The van der Waals surface area contributed by atoms with Gasteiger partial charge in [-0.3, -0.25) is 9.10 Å². The summed E-state index contributed by atoms with van der Waals surface area (Å²) >= 11 is 0. The molecular weight excluding hydrogens is 416 g/mol. The van der Waals surface area contributed by atoms with E-state index in [4.69, 9.17) is 9.47 Å². The molecule has 166 valence electrons. The molecule has 0 radical (unpaired) electrons. The van der Waals surface area contributed by atoms with E-state index in [1.54, 1.807) is 36.4 Å². The maximum absolute atomic E-state index is 13.6. The first-order valence-corrected chi connectivity index (χ1v) is 12.0. The summed E-state index contributed by atoms with van der Waals surface area (Å²) in [4.78, 5) is 13.1. The molecule has 2 saturated carbocycles.